The Bertz CT molecular complexity index is 406. The normalized spacial score (nSPS) is 11.2. The van der Waals surface area contributed by atoms with E-state index in [0.717, 1.165) is 12.1 Å². The molecule has 0 bridgehead atoms. The number of nitrogens with zero attached hydrogens (tertiary/aromatic N) is 1. The van der Waals surface area contributed by atoms with E-state index in [-0.39, 0.29) is 5.69 Å². The van der Waals surface area contributed by atoms with Crippen LogP contribution in [0.3, 0.4) is 0 Å². The molecule has 0 unspecified atom stereocenters. The summed E-state index contributed by atoms with van der Waals surface area (Å²) in [5.41, 5.74) is 4.75. The highest BCUT2D eigenvalue weighted by molar-refractivity contribution is 5.56. The van der Waals surface area contributed by atoms with Gasteiger partial charge in [0, 0.05) is 11.8 Å². The van der Waals surface area contributed by atoms with Crippen LogP contribution in [0.5, 0.6) is 5.75 Å². The molecule has 0 aromatic heterocycles. The zero-order valence-electron chi connectivity index (χ0n) is 7.82. The molecule has 0 fully saturated rings. The van der Waals surface area contributed by atoms with Gasteiger partial charge in [-0.2, -0.15) is 13.2 Å². The molecular formula is C8H7F3N2O3. The fourth-order valence-electron chi connectivity index (χ4n) is 0.959. The van der Waals surface area contributed by atoms with E-state index in [4.69, 9.17) is 5.73 Å². The number of alkyl halides is 3. The van der Waals surface area contributed by atoms with Gasteiger partial charge in [-0.1, -0.05) is 0 Å². The molecule has 88 valence electrons. The van der Waals surface area contributed by atoms with Crippen molar-refractivity contribution in [2.75, 3.05) is 12.3 Å². The average molecular weight is 236 g/mol. The quantitative estimate of drug-likeness (QED) is 0.495. The van der Waals surface area contributed by atoms with Crippen LogP contribution < -0.4 is 10.5 Å². The van der Waals surface area contributed by atoms with Crippen molar-refractivity contribution in [1.29, 1.82) is 0 Å². The summed E-state index contributed by atoms with van der Waals surface area (Å²) in [5, 5.41) is 10.5. The summed E-state index contributed by atoms with van der Waals surface area (Å²) in [7, 11) is 0. The maximum atomic E-state index is 11.8. The smallest absolute Gasteiger partial charge is 0.422 e. The lowest BCUT2D eigenvalue weighted by Crippen LogP contribution is -2.19. The number of ether oxygens (including phenoxy) is 1. The first-order chi connectivity index (χ1) is 7.29. The van der Waals surface area contributed by atoms with E-state index < -0.39 is 29.1 Å². The molecule has 5 nitrogen and oxygen atoms in total. The van der Waals surface area contributed by atoms with Crippen LogP contribution in [-0.4, -0.2) is 17.7 Å². The minimum absolute atomic E-state index is 0.0751. The molecule has 0 aliphatic rings. The molecule has 0 saturated heterocycles. The van der Waals surface area contributed by atoms with Gasteiger partial charge in [-0.25, -0.2) is 0 Å². The van der Waals surface area contributed by atoms with Gasteiger partial charge in [0.1, 0.15) is 0 Å². The van der Waals surface area contributed by atoms with E-state index in [0.29, 0.717) is 0 Å². The Morgan fingerprint density at radius 3 is 2.56 bits per heavy atom. The molecule has 0 amide bonds. The van der Waals surface area contributed by atoms with Crippen LogP contribution in [0.4, 0.5) is 24.5 Å². The van der Waals surface area contributed by atoms with Gasteiger partial charge in [0.2, 0.25) is 0 Å². The van der Waals surface area contributed by atoms with Gasteiger partial charge in [0.15, 0.2) is 12.4 Å². The Hall–Kier alpha value is -1.99. The standard InChI is InChI=1S/C8H7F3N2O3/c9-8(10,11)4-16-7-2-1-5(12)3-6(7)13(14)15/h1-3H,4,12H2. The number of rotatable bonds is 3. The number of halogens is 3. The summed E-state index contributed by atoms with van der Waals surface area (Å²) in [6, 6.07) is 3.18. The van der Waals surface area contributed by atoms with Gasteiger partial charge >= 0.3 is 11.9 Å². The number of nitro benzene ring substituents is 1. The third-order valence-corrected chi connectivity index (χ3v) is 1.57. The van der Waals surface area contributed by atoms with E-state index >= 15 is 0 Å². The Labute approximate surface area is 87.8 Å². The first kappa shape index (κ1) is 12.1. The topological polar surface area (TPSA) is 78.4 Å². The predicted molar refractivity (Wildman–Crippen MR) is 49.1 cm³/mol. The highest BCUT2D eigenvalue weighted by atomic mass is 19.4. The predicted octanol–water partition coefficient (Wildman–Crippen LogP) is 2.12. The minimum Gasteiger partial charge on any atom is -0.477 e. The van der Waals surface area contributed by atoms with Crippen LogP contribution >= 0.6 is 0 Å². The van der Waals surface area contributed by atoms with Gasteiger partial charge in [-0.05, 0) is 12.1 Å². The maximum Gasteiger partial charge on any atom is 0.422 e. The van der Waals surface area contributed by atoms with Crippen LogP contribution in [0.25, 0.3) is 0 Å². The monoisotopic (exact) mass is 236 g/mol. The second-order valence-corrected chi connectivity index (χ2v) is 2.89. The fourth-order valence-corrected chi connectivity index (χ4v) is 0.959. The highest BCUT2D eigenvalue weighted by Gasteiger charge is 2.30. The van der Waals surface area contributed by atoms with Crippen molar-refractivity contribution in [1.82, 2.24) is 0 Å². The molecule has 0 aliphatic heterocycles. The van der Waals surface area contributed by atoms with Crippen LogP contribution in [0.2, 0.25) is 0 Å². The summed E-state index contributed by atoms with van der Waals surface area (Å²) < 4.78 is 39.8. The zero-order valence-corrected chi connectivity index (χ0v) is 7.82. The summed E-state index contributed by atoms with van der Waals surface area (Å²) in [4.78, 5) is 9.63. The fraction of sp³-hybridized carbons (Fsp3) is 0.250. The lowest BCUT2D eigenvalue weighted by molar-refractivity contribution is -0.386. The first-order valence-corrected chi connectivity index (χ1v) is 4.03. The third kappa shape index (κ3) is 3.30. The van der Waals surface area contributed by atoms with Gasteiger partial charge < -0.3 is 10.5 Å². The lowest BCUT2D eigenvalue weighted by atomic mass is 10.2. The number of nitro groups is 1. The SMILES string of the molecule is Nc1ccc(OCC(F)(F)F)c([N+](=O)[O-])c1. The molecule has 0 saturated carbocycles. The second kappa shape index (κ2) is 4.25. The third-order valence-electron chi connectivity index (χ3n) is 1.57. The molecule has 16 heavy (non-hydrogen) atoms. The van der Waals surface area contributed by atoms with Crippen LogP contribution in [0, 0.1) is 10.1 Å². The molecule has 0 atom stereocenters. The first-order valence-electron chi connectivity index (χ1n) is 4.03. The Balaban J connectivity index is 2.91. The van der Waals surface area contributed by atoms with Crippen molar-refractivity contribution in [3.8, 4) is 5.75 Å². The van der Waals surface area contributed by atoms with Crippen molar-refractivity contribution in [2.24, 2.45) is 0 Å². The molecule has 0 spiro atoms. The molecule has 0 aliphatic carbocycles. The molecule has 8 heteroatoms. The van der Waals surface area contributed by atoms with Gasteiger partial charge in [0.05, 0.1) is 4.92 Å². The van der Waals surface area contributed by atoms with E-state index in [9.17, 15) is 23.3 Å². The summed E-state index contributed by atoms with van der Waals surface area (Å²) in [6.07, 6.45) is -4.55. The Morgan fingerprint density at radius 2 is 2.06 bits per heavy atom. The number of hydrogen-bond acceptors (Lipinski definition) is 4. The summed E-state index contributed by atoms with van der Waals surface area (Å²) >= 11 is 0. The van der Waals surface area contributed by atoms with Gasteiger partial charge in [0.25, 0.3) is 0 Å². The van der Waals surface area contributed by atoms with Gasteiger partial charge in [-0.15, -0.1) is 0 Å². The second-order valence-electron chi connectivity index (χ2n) is 2.89. The minimum atomic E-state index is -4.55. The van der Waals surface area contributed by atoms with E-state index in [2.05, 4.69) is 4.74 Å². The summed E-state index contributed by atoms with van der Waals surface area (Å²) in [6.45, 7) is -1.59. The summed E-state index contributed by atoms with van der Waals surface area (Å²) in [5.74, 6) is -0.462. The Morgan fingerprint density at radius 1 is 1.44 bits per heavy atom. The lowest BCUT2D eigenvalue weighted by Gasteiger charge is -2.09. The van der Waals surface area contributed by atoms with Crippen molar-refractivity contribution in [3.63, 3.8) is 0 Å². The van der Waals surface area contributed by atoms with Crippen molar-refractivity contribution >= 4 is 11.4 Å². The van der Waals surface area contributed by atoms with Crippen LogP contribution in [-0.2, 0) is 0 Å². The zero-order chi connectivity index (χ0) is 12.3. The molecule has 1 rings (SSSR count). The van der Waals surface area contributed by atoms with Crippen molar-refractivity contribution in [2.45, 2.75) is 6.18 Å². The molecule has 0 radical (unpaired) electrons. The number of nitrogens with two attached hydrogens (primary N) is 1. The van der Waals surface area contributed by atoms with E-state index in [1.807, 2.05) is 0 Å². The average Bonchev–Trinajstić information content (AvgIpc) is 2.14. The van der Waals surface area contributed by atoms with Crippen LogP contribution in [0.15, 0.2) is 18.2 Å². The molecule has 1 aromatic carbocycles. The molecule has 1 aromatic rings. The number of benzene rings is 1. The highest BCUT2D eigenvalue weighted by Crippen LogP contribution is 2.30. The molecular weight excluding hydrogens is 229 g/mol. The molecule has 2 N–H and O–H groups in total. The largest absolute Gasteiger partial charge is 0.477 e. The van der Waals surface area contributed by atoms with Crippen molar-refractivity contribution < 1.29 is 22.8 Å². The van der Waals surface area contributed by atoms with Crippen molar-refractivity contribution in [3.05, 3.63) is 28.3 Å². The van der Waals surface area contributed by atoms with Crippen LogP contribution in [0.1, 0.15) is 0 Å². The maximum absolute atomic E-state index is 11.8. The Kier molecular flexibility index (Phi) is 3.21. The number of hydrogen-bond donors (Lipinski definition) is 1. The number of anilines is 1. The van der Waals surface area contributed by atoms with E-state index in [1.54, 1.807) is 0 Å². The van der Waals surface area contributed by atoms with Gasteiger partial charge in [-0.3, -0.25) is 10.1 Å². The number of nitrogen functional groups attached to an aromatic ring is 1. The molecule has 0 heterocycles. The van der Waals surface area contributed by atoms with E-state index in [1.165, 1.54) is 6.07 Å².